The minimum atomic E-state index is -4.27. The van der Waals surface area contributed by atoms with E-state index in [0.717, 1.165) is 37.5 Å². The lowest BCUT2D eigenvalue weighted by Crippen LogP contribution is -2.59. The Morgan fingerprint density at radius 2 is 2.12 bits per heavy atom. The largest absolute Gasteiger partial charge is 0.329 e. The van der Waals surface area contributed by atoms with Crippen LogP contribution >= 0.6 is 12.4 Å². The average molecular weight is 382 g/mol. The molecule has 0 bridgehead atoms. The lowest BCUT2D eigenvalue weighted by molar-refractivity contribution is -0.390. The Morgan fingerprint density at radius 1 is 1.46 bits per heavy atom. The maximum atomic E-state index is 13.7. The number of halogens is 2. The third-order valence-electron chi connectivity index (χ3n) is 4.58. The molecule has 7 nitrogen and oxygen atoms in total. The molecule has 0 amide bonds. The van der Waals surface area contributed by atoms with Crippen LogP contribution in [-0.2, 0) is 10.0 Å². The summed E-state index contributed by atoms with van der Waals surface area (Å²) in [5, 5.41) is 11.0. The van der Waals surface area contributed by atoms with Crippen LogP contribution < -0.4 is 10.5 Å². The van der Waals surface area contributed by atoms with Gasteiger partial charge in [0.1, 0.15) is 0 Å². The number of benzene rings is 1. The van der Waals surface area contributed by atoms with Gasteiger partial charge in [0.05, 0.1) is 4.92 Å². The van der Waals surface area contributed by atoms with E-state index in [1.807, 2.05) is 6.92 Å². The number of nitrogens with one attached hydrogen (secondary N) is 1. The molecule has 0 heterocycles. The lowest BCUT2D eigenvalue weighted by atomic mass is 9.74. The zero-order valence-electron chi connectivity index (χ0n) is 13.2. The Hall–Kier alpha value is -1.29. The molecule has 1 fully saturated rings. The van der Waals surface area contributed by atoms with E-state index < -0.39 is 36.9 Å². The minimum absolute atomic E-state index is 0. The molecule has 1 saturated carbocycles. The summed E-state index contributed by atoms with van der Waals surface area (Å²) in [4.78, 5) is 9.35. The fourth-order valence-corrected chi connectivity index (χ4v) is 4.84. The molecule has 136 valence electrons. The Bertz CT molecular complexity index is 716. The monoisotopic (exact) mass is 381 g/mol. The van der Waals surface area contributed by atoms with Crippen molar-refractivity contribution >= 4 is 28.1 Å². The van der Waals surface area contributed by atoms with Crippen molar-refractivity contribution in [2.45, 2.75) is 43.0 Å². The fraction of sp³-hybridized carbons (Fsp3) is 0.571. The lowest BCUT2D eigenvalue weighted by Gasteiger charge is -2.42. The van der Waals surface area contributed by atoms with E-state index in [2.05, 4.69) is 4.72 Å². The Morgan fingerprint density at radius 3 is 2.67 bits per heavy atom. The summed E-state index contributed by atoms with van der Waals surface area (Å²) in [6.07, 6.45) is 3.15. The molecule has 1 aromatic carbocycles. The third kappa shape index (κ3) is 3.85. The quantitative estimate of drug-likeness (QED) is 0.600. The molecule has 1 aliphatic carbocycles. The van der Waals surface area contributed by atoms with Gasteiger partial charge in [-0.2, -0.15) is 4.39 Å². The van der Waals surface area contributed by atoms with Crippen LogP contribution in [-0.4, -0.2) is 25.4 Å². The molecule has 10 heteroatoms. The number of sulfonamides is 1. The van der Waals surface area contributed by atoms with Crippen molar-refractivity contribution in [2.75, 3.05) is 6.54 Å². The highest BCUT2D eigenvalue weighted by Crippen LogP contribution is 2.35. The first kappa shape index (κ1) is 20.8. The number of rotatable bonds is 5. The van der Waals surface area contributed by atoms with Gasteiger partial charge in [-0.1, -0.05) is 25.8 Å². The molecule has 2 rings (SSSR count). The topological polar surface area (TPSA) is 115 Å². The number of hydrogen-bond donors (Lipinski definition) is 2. The van der Waals surface area contributed by atoms with Gasteiger partial charge in [-0.05, 0) is 30.9 Å². The second kappa shape index (κ2) is 7.73. The standard InChI is InChI=1S/C14H20FN3O4S.ClH/c1-10-5-2-3-8-14(10,9-16)17-23(21,22)12-7-4-6-11(15)13(12)18(19)20;/h4,6-7,10,17H,2-3,5,8-9,16H2,1H3;1H. The zero-order chi connectivity index (χ0) is 17.3. The number of para-hydroxylation sites is 1. The predicted octanol–water partition coefficient (Wildman–Crippen LogP) is 2.34. The first-order chi connectivity index (χ1) is 10.7. The molecular weight excluding hydrogens is 361 g/mol. The summed E-state index contributed by atoms with van der Waals surface area (Å²) in [6.45, 7) is 1.98. The van der Waals surface area contributed by atoms with Crippen molar-refractivity contribution in [2.24, 2.45) is 11.7 Å². The number of hydrogen-bond acceptors (Lipinski definition) is 5. The predicted molar refractivity (Wildman–Crippen MR) is 90.0 cm³/mol. The first-order valence-electron chi connectivity index (χ1n) is 7.40. The average Bonchev–Trinajstić information content (AvgIpc) is 2.49. The molecule has 2 atom stereocenters. The van der Waals surface area contributed by atoms with Gasteiger partial charge >= 0.3 is 5.69 Å². The summed E-state index contributed by atoms with van der Waals surface area (Å²) in [5.41, 5.74) is 3.90. The van der Waals surface area contributed by atoms with Crippen molar-refractivity contribution in [1.82, 2.24) is 4.72 Å². The van der Waals surface area contributed by atoms with Gasteiger partial charge in [0.2, 0.25) is 15.8 Å². The Kier molecular flexibility index (Phi) is 6.68. The third-order valence-corrected chi connectivity index (χ3v) is 6.16. The summed E-state index contributed by atoms with van der Waals surface area (Å²) in [6, 6.07) is 3.02. The van der Waals surface area contributed by atoms with E-state index in [1.165, 1.54) is 0 Å². The van der Waals surface area contributed by atoms with E-state index in [4.69, 9.17) is 5.73 Å². The fourth-order valence-electron chi connectivity index (χ4n) is 3.12. The highest BCUT2D eigenvalue weighted by molar-refractivity contribution is 7.89. The van der Waals surface area contributed by atoms with Crippen LogP contribution in [0.15, 0.2) is 23.1 Å². The normalized spacial score (nSPS) is 24.2. The van der Waals surface area contributed by atoms with Crippen LogP contribution in [0, 0.1) is 21.8 Å². The van der Waals surface area contributed by atoms with Crippen molar-refractivity contribution in [3.63, 3.8) is 0 Å². The van der Waals surface area contributed by atoms with Crippen LogP contribution in [0.2, 0.25) is 0 Å². The second-order valence-electron chi connectivity index (χ2n) is 5.96. The van der Waals surface area contributed by atoms with Crippen molar-refractivity contribution < 1.29 is 17.7 Å². The number of nitrogens with two attached hydrogens (primary N) is 1. The Labute approximate surface area is 146 Å². The van der Waals surface area contributed by atoms with Crippen LogP contribution in [0.3, 0.4) is 0 Å². The highest BCUT2D eigenvalue weighted by atomic mass is 35.5. The molecule has 0 aliphatic heterocycles. The van der Waals surface area contributed by atoms with E-state index in [9.17, 15) is 22.9 Å². The van der Waals surface area contributed by atoms with Gasteiger partial charge in [-0.25, -0.2) is 13.1 Å². The molecule has 0 saturated heterocycles. The van der Waals surface area contributed by atoms with E-state index in [-0.39, 0.29) is 24.9 Å². The summed E-state index contributed by atoms with van der Waals surface area (Å²) < 4.78 is 41.5. The van der Waals surface area contributed by atoms with Gasteiger partial charge in [0.25, 0.3) is 0 Å². The van der Waals surface area contributed by atoms with Crippen molar-refractivity contribution in [3.8, 4) is 0 Å². The van der Waals surface area contributed by atoms with Crippen LogP contribution in [0.1, 0.15) is 32.6 Å². The summed E-state index contributed by atoms with van der Waals surface area (Å²) in [7, 11) is -4.27. The first-order valence-corrected chi connectivity index (χ1v) is 8.89. The molecular formula is C14H21ClFN3O4S. The van der Waals surface area contributed by atoms with E-state index >= 15 is 0 Å². The summed E-state index contributed by atoms with van der Waals surface area (Å²) in [5.74, 6) is -1.19. The van der Waals surface area contributed by atoms with Gasteiger partial charge in [0.15, 0.2) is 4.90 Å². The smallest absolute Gasteiger partial charge is 0.324 e. The van der Waals surface area contributed by atoms with Gasteiger partial charge < -0.3 is 5.73 Å². The number of nitro groups is 1. The van der Waals surface area contributed by atoms with Crippen LogP contribution in [0.4, 0.5) is 10.1 Å². The SMILES string of the molecule is CC1CCCCC1(CN)NS(=O)(=O)c1cccc(F)c1[N+](=O)[O-].Cl. The highest BCUT2D eigenvalue weighted by Gasteiger charge is 2.42. The molecule has 1 aromatic rings. The van der Waals surface area contributed by atoms with Crippen molar-refractivity contribution in [3.05, 3.63) is 34.1 Å². The molecule has 0 spiro atoms. The van der Waals surface area contributed by atoms with Crippen LogP contribution in [0.5, 0.6) is 0 Å². The Balaban J connectivity index is 0.00000288. The van der Waals surface area contributed by atoms with Gasteiger partial charge in [-0.3, -0.25) is 10.1 Å². The number of nitrogens with zero attached hydrogens (tertiary/aromatic N) is 1. The maximum Gasteiger partial charge on any atom is 0.324 e. The van der Waals surface area contributed by atoms with Crippen LogP contribution in [0.25, 0.3) is 0 Å². The van der Waals surface area contributed by atoms with E-state index in [0.29, 0.717) is 6.42 Å². The number of nitro benzene ring substituents is 1. The molecule has 2 unspecified atom stereocenters. The molecule has 1 aliphatic rings. The maximum absolute atomic E-state index is 13.7. The van der Waals surface area contributed by atoms with Gasteiger partial charge in [-0.15, -0.1) is 12.4 Å². The summed E-state index contributed by atoms with van der Waals surface area (Å²) >= 11 is 0. The molecule has 3 N–H and O–H groups in total. The molecule has 0 radical (unpaired) electrons. The minimum Gasteiger partial charge on any atom is -0.329 e. The molecule has 24 heavy (non-hydrogen) atoms. The second-order valence-corrected chi connectivity index (χ2v) is 7.61. The molecule has 0 aromatic heterocycles. The van der Waals surface area contributed by atoms with Crippen molar-refractivity contribution in [1.29, 1.82) is 0 Å². The zero-order valence-corrected chi connectivity index (χ0v) is 14.8. The van der Waals surface area contributed by atoms with E-state index in [1.54, 1.807) is 0 Å². The van der Waals surface area contributed by atoms with Gasteiger partial charge in [0, 0.05) is 12.1 Å².